The van der Waals surface area contributed by atoms with Crippen LogP contribution in [0.1, 0.15) is 10.4 Å². The zero-order chi connectivity index (χ0) is 17.8. The smallest absolute Gasteiger partial charge is 0.283 e. The molecule has 3 rings (SSSR count). The molecule has 3 aromatic rings. The summed E-state index contributed by atoms with van der Waals surface area (Å²) in [5.41, 5.74) is 1.29. The summed E-state index contributed by atoms with van der Waals surface area (Å²) in [6, 6.07) is 13.9. The van der Waals surface area contributed by atoms with E-state index in [-0.39, 0.29) is 24.0 Å². The van der Waals surface area contributed by atoms with Crippen molar-refractivity contribution in [2.75, 3.05) is 6.54 Å². The van der Waals surface area contributed by atoms with Crippen molar-refractivity contribution in [3.63, 3.8) is 0 Å². The molecule has 1 aromatic heterocycles. The Morgan fingerprint density at radius 1 is 1.16 bits per heavy atom. The minimum absolute atomic E-state index is 0.170. The fourth-order valence-electron chi connectivity index (χ4n) is 2.24. The predicted molar refractivity (Wildman–Crippen MR) is 96.0 cm³/mol. The van der Waals surface area contributed by atoms with Gasteiger partial charge in [0.1, 0.15) is 6.54 Å². The number of azo groups is 1. The summed E-state index contributed by atoms with van der Waals surface area (Å²) < 4.78 is 0.765. The third-order valence-electron chi connectivity index (χ3n) is 3.41. The lowest BCUT2D eigenvalue weighted by atomic mass is 10.2. The van der Waals surface area contributed by atoms with Crippen molar-refractivity contribution < 1.29 is 14.7 Å². The molecule has 0 saturated carbocycles. The molecule has 1 heterocycles. The van der Waals surface area contributed by atoms with Crippen molar-refractivity contribution in [3.05, 3.63) is 58.6 Å². The molecule has 0 atom stereocenters. The summed E-state index contributed by atoms with van der Waals surface area (Å²) in [5, 5.41) is 20.3. The summed E-state index contributed by atoms with van der Waals surface area (Å²) in [6.07, 6.45) is 0. The van der Waals surface area contributed by atoms with E-state index >= 15 is 0 Å². The minimum Gasteiger partial charge on any atom is -0.493 e. The van der Waals surface area contributed by atoms with Gasteiger partial charge in [-0.15, -0.1) is 10.2 Å². The van der Waals surface area contributed by atoms with Gasteiger partial charge in [0, 0.05) is 15.4 Å². The Morgan fingerprint density at radius 3 is 2.76 bits per heavy atom. The summed E-state index contributed by atoms with van der Waals surface area (Å²) >= 11 is 3.28. The number of nitrogens with one attached hydrogen (secondary N) is 2. The van der Waals surface area contributed by atoms with Crippen LogP contribution in [0.4, 0.5) is 5.69 Å². The fourth-order valence-corrected chi connectivity index (χ4v) is 2.64. The standard InChI is InChI=1S/C17H13BrN4O3/c18-11-5-3-4-10(8-11)16(24)19-9-14(23)21-22-15-12-6-1-2-7-13(12)20-17(15)25/h1-8,20,25H,9H2,(H,19,24). The van der Waals surface area contributed by atoms with Crippen LogP contribution < -0.4 is 5.32 Å². The lowest BCUT2D eigenvalue weighted by Crippen LogP contribution is -2.28. The first-order valence-corrected chi connectivity index (χ1v) is 8.12. The van der Waals surface area contributed by atoms with E-state index in [1.165, 1.54) is 0 Å². The number of hydrogen-bond acceptors (Lipinski definition) is 4. The number of hydrogen-bond donors (Lipinski definition) is 3. The molecule has 0 aliphatic carbocycles. The maximum Gasteiger partial charge on any atom is 0.283 e. The lowest BCUT2D eigenvalue weighted by molar-refractivity contribution is -0.117. The van der Waals surface area contributed by atoms with Crippen molar-refractivity contribution in [1.29, 1.82) is 0 Å². The number of carbonyl (C=O) groups is 2. The van der Waals surface area contributed by atoms with Gasteiger partial charge in [-0.05, 0) is 24.3 Å². The largest absolute Gasteiger partial charge is 0.493 e. The van der Waals surface area contributed by atoms with E-state index < -0.39 is 5.91 Å². The number of nitrogens with zero attached hydrogens (tertiary/aromatic N) is 2. The maximum absolute atomic E-state index is 12.0. The van der Waals surface area contributed by atoms with E-state index in [0.29, 0.717) is 16.5 Å². The van der Waals surface area contributed by atoms with Crippen LogP contribution in [0.25, 0.3) is 10.9 Å². The number of carbonyl (C=O) groups excluding carboxylic acids is 2. The molecule has 0 fully saturated rings. The van der Waals surface area contributed by atoms with Gasteiger partial charge in [-0.3, -0.25) is 9.59 Å². The Kier molecular flexibility index (Phi) is 4.90. The molecule has 0 aliphatic heterocycles. The summed E-state index contributed by atoms with van der Waals surface area (Å²) in [5.74, 6) is -1.19. The molecule has 2 aromatic carbocycles. The number of aromatic hydroxyl groups is 1. The quantitative estimate of drug-likeness (QED) is 0.581. The van der Waals surface area contributed by atoms with Gasteiger partial charge in [0.15, 0.2) is 5.69 Å². The van der Waals surface area contributed by atoms with E-state index in [1.54, 1.807) is 42.5 Å². The Hall–Kier alpha value is -3.00. The van der Waals surface area contributed by atoms with Gasteiger partial charge in [0.2, 0.25) is 5.88 Å². The van der Waals surface area contributed by atoms with Gasteiger partial charge in [-0.1, -0.05) is 40.2 Å². The summed E-state index contributed by atoms with van der Waals surface area (Å²) in [6.45, 7) is -0.294. The Balaban J connectivity index is 1.65. The topological polar surface area (TPSA) is 107 Å². The van der Waals surface area contributed by atoms with E-state index in [1.807, 2.05) is 6.07 Å². The number of aromatic amines is 1. The van der Waals surface area contributed by atoms with E-state index in [9.17, 15) is 14.7 Å². The van der Waals surface area contributed by atoms with E-state index in [0.717, 1.165) is 4.47 Å². The number of aromatic nitrogens is 1. The molecule has 0 unspecified atom stereocenters. The second kappa shape index (κ2) is 7.27. The maximum atomic E-state index is 12.0. The van der Waals surface area contributed by atoms with Crippen molar-refractivity contribution in [2.45, 2.75) is 0 Å². The van der Waals surface area contributed by atoms with Crippen LogP contribution in [0, 0.1) is 0 Å². The highest BCUT2D eigenvalue weighted by molar-refractivity contribution is 9.10. The van der Waals surface area contributed by atoms with Crippen LogP contribution in [0.3, 0.4) is 0 Å². The molecule has 0 aliphatic rings. The molecule has 25 heavy (non-hydrogen) atoms. The first kappa shape index (κ1) is 16.8. The molecule has 0 radical (unpaired) electrons. The highest BCUT2D eigenvalue weighted by Gasteiger charge is 2.11. The first-order valence-electron chi connectivity index (χ1n) is 7.32. The van der Waals surface area contributed by atoms with Crippen molar-refractivity contribution in [3.8, 4) is 5.88 Å². The lowest BCUT2D eigenvalue weighted by Gasteiger charge is -2.02. The monoisotopic (exact) mass is 400 g/mol. The second-order valence-electron chi connectivity index (χ2n) is 5.15. The average molecular weight is 401 g/mol. The summed E-state index contributed by atoms with van der Waals surface area (Å²) in [4.78, 5) is 26.5. The molecular formula is C17H13BrN4O3. The molecular weight excluding hydrogens is 388 g/mol. The molecule has 8 heteroatoms. The van der Waals surface area contributed by atoms with Crippen LogP contribution in [-0.4, -0.2) is 28.4 Å². The Bertz CT molecular complexity index is 981. The third kappa shape index (κ3) is 3.92. The highest BCUT2D eigenvalue weighted by Crippen LogP contribution is 2.35. The molecule has 3 N–H and O–H groups in total. The third-order valence-corrected chi connectivity index (χ3v) is 3.90. The number of halogens is 1. The highest BCUT2D eigenvalue weighted by atomic mass is 79.9. The van der Waals surface area contributed by atoms with Crippen LogP contribution >= 0.6 is 15.9 Å². The van der Waals surface area contributed by atoms with E-state index in [2.05, 4.69) is 36.5 Å². The molecule has 0 saturated heterocycles. The number of benzene rings is 2. The van der Waals surface area contributed by atoms with Crippen molar-refractivity contribution >= 4 is 44.3 Å². The average Bonchev–Trinajstić information content (AvgIpc) is 2.93. The normalized spacial score (nSPS) is 11.1. The second-order valence-corrected chi connectivity index (χ2v) is 6.07. The number of fused-ring (bicyclic) bond motifs is 1. The van der Waals surface area contributed by atoms with Crippen LogP contribution in [0.15, 0.2) is 63.2 Å². The zero-order valence-electron chi connectivity index (χ0n) is 12.9. The number of rotatable bonds is 4. The van der Waals surface area contributed by atoms with E-state index in [4.69, 9.17) is 0 Å². The van der Waals surface area contributed by atoms with Crippen LogP contribution in [-0.2, 0) is 4.79 Å². The molecule has 0 spiro atoms. The van der Waals surface area contributed by atoms with Crippen LogP contribution in [0.2, 0.25) is 0 Å². The van der Waals surface area contributed by atoms with Crippen molar-refractivity contribution in [2.24, 2.45) is 10.2 Å². The molecule has 7 nitrogen and oxygen atoms in total. The minimum atomic E-state index is -0.631. The van der Waals surface area contributed by atoms with Gasteiger partial charge in [0.05, 0.1) is 5.52 Å². The predicted octanol–water partition coefficient (Wildman–Crippen LogP) is 3.68. The SMILES string of the molecule is O=C(CNC(=O)c1cccc(Br)c1)N=Nc1c(O)[nH]c2ccccc12. The molecule has 0 bridgehead atoms. The van der Waals surface area contributed by atoms with Gasteiger partial charge in [-0.2, -0.15) is 0 Å². The number of amides is 2. The fraction of sp³-hybridized carbons (Fsp3) is 0.0588. The van der Waals surface area contributed by atoms with Gasteiger partial charge in [0.25, 0.3) is 11.8 Å². The molecule has 126 valence electrons. The number of H-pyrrole nitrogens is 1. The van der Waals surface area contributed by atoms with Gasteiger partial charge in [-0.25, -0.2) is 0 Å². The van der Waals surface area contributed by atoms with Crippen LogP contribution in [0.5, 0.6) is 5.88 Å². The Labute approximate surface area is 150 Å². The van der Waals surface area contributed by atoms with Gasteiger partial charge < -0.3 is 15.4 Å². The molecule has 2 amide bonds. The Morgan fingerprint density at radius 2 is 1.96 bits per heavy atom. The first-order chi connectivity index (χ1) is 12.0. The van der Waals surface area contributed by atoms with Crippen molar-refractivity contribution in [1.82, 2.24) is 10.3 Å². The zero-order valence-corrected chi connectivity index (χ0v) is 14.4. The van der Waals surface area contributed by atoms with Gasteiger partial charge >= 0.3 is 0 Å². The number of para-hydroxylation sites is 1. The summed E-state index contributed by atoms with van der Waals surface area (Å²) in [7, 11) is 0.